The maximum atomic E-state index is 6.00. The highest BCUT2D eigenvalue weighted by atomic mass is 16.5. The summed E-state index contributed by atoms with van der Waals surface area (Å²) in [5.41, 5.74) is 6.56. The summed E-state index contributed by atoms with van der Waals surface area (Å²) in [6.07, 6.45) is 1.71. The molecule has 0 saturated carbocycles. The topological polar surface area (TPSA) is 52.0 Å². The first kappa shape index (κ1) is 10.3. The van der Waals surface area contributed by atoms with Gasteiger partial charge < -0.3 is 10.3 Å². The minimum atomic E-state index is -0.386. The van der Waals surface area contributed by atoms with Crippen molar-refractivity contribution in [1.82, 2.24) is 5.16 Å². The van der Waals surface area contributed by atoms with Gasteiger partial charge in [-0.1, -0.05) is 25.9 Å². The van der Waals surface area contributed by atoms with Gasteiger partial charge >= 0.3 is 0 Å². The Hall–Kier alpha value is -0.830. The summed E-state index contributed by atoms with van der Waals surface area (Å²) in [7, 11) is 0. The molecule has 0 aromatic carbocycles. The highest BCUT2D eigenvalue weighted by molar-refractivity contribution is 5.26. The fourth-order valence-corrected chi connectivity index (χ4v) is 1.24. The lowest BCUT2D eigenvalue weighted by Gasteiger charge is -2.23. The van der Waals surface area contributed by atoms with Gasteiger partial charge in [0, 0.05) is 16.5 Å². The Morgan fingerprint density at radius 3 is 2.08 bits per heavy atom. The molecule has 0 aliphatic carbocycles. The highest BCUT2D eigenvalue weighted by Gasteiger charge is 2.29. The van der Waals surface area contributed by atoms with Crippen molar-refractivity contribution < 1.29 is 4.52 Å². The van der Waals surface area contributed by atoms with Crippen molar-refractivity contribution in [3.05, 3.63) is 17.5 Å². The van der Waals surface area contributed by atoms with E-state index in [0.29, 0.717) is 0 Å². The van der Waals surface area contributed by atoms with Crippen LogP contribution in [0.15, 0.2) is 10.7 Å². The average Bonchev–Trinajstić information content (AvgIpc) is 2.27. The summed E-state index contributed by atoms with van der Waals surface area (Å²) in [5.74, 6) is 0.875. The minimum absolute atomic E-state index is 0.0392. The molecule has 1 rings (SSSR count). The molecule has 2 N–H and O–H groups in total. The molecule has 1 aromatic heterocycles. The fourth-order valence-electron chi connectivity index (χ4n) is 1.24. The van der Waals surface area contributed by atoms with E-state index in [1.54, 1.807) is 6.20 Å². The van der Waals surface area contributed by atoms with Gasteiger partial charge in [0.2, 0.25) is 0 Å². The lowest BCUT2D eigenvalue weighted by Crippen LogP contribution is -2.31. The number of rotatable bonds is 1. The largest absolute Gasteiger partial charge is 0.360 e. The predicted octanol–water partition coefficient (Wildman–Crippen LogP) is 2.17. The van der Waals surface area contributed by atoms with Crippen LogP contribution < -0.4 is 5.73 Å². The van der Waals surface area contributed by atoms with E-state index in [4.69, 9.17) is 10.3 Å². The van der Waals surface area contributed by atoms with Crippen LogP contribution in [0.2, 0.25) is 0 Å². The van der Waals surface area contributed by atoms with Crippen LogP contribution in [-0.2, 0) is 11.0 Å². The van der Waals surface area contributed by atoms with Crippen LogP contribution in [0.1, 0.15) is 45.9 Å². The van der Waals surface area contributed by atoms with Gasteiger partial charge in [-0.25, -0.2) is 0 Å². The van der Waals surface area contributed by atoms with Crippen LogP contribution in [-0.4, -0.2) is 5.16 Å². The van der Waals surface area contributed by atoms with Crippen LogP contribution in [0, 0.1) is 0 Å². The van der Waals surface area contributed by atoms with Crippen molar-refractivity contribution in [3.63, 3.8) is 0 Å². The summed E-state index contributed by atoms with van der Waals surface area (Å²) in [6, 6.07) is 0. The summed E-state index contributed by atoms with van der Waals surface area (Å²) < 4.78 is 5.23. The first-order valence-electron chi connectivity index (χ1n) is 4.47. The maximum absolute atomic E-state index is 6.00. The molecule has 3 nitrogen and oxygen atoms in total. The molecule has 0 spiro atoms. The van der Waals surface area contributed by atoms with Crippen molar-refractivity contribution >= 4 is 0 Å². The van der Waals surface area contributed by atoms with E-state index in [0.717, 1.165) is 11.3 Å². The quantitative estimate of drug-likeness (QED) is 0.724. The first-order valence-corrected chi connectivity index (χ1v) is 4.47. The van der Waals surface area contributed by atoms with Gasteiger partial charge in [-0.05, 0) is 13.8 Å². The van der Waals surface area contributed by atoms with Crippen LogP contribution >= 0.6 is 0 Å². The minimum Gasteiger partial charge on any atom is -0.360 e. The fraction of sp³-hybridized carbons (Fsp3) is 0.700. The number of nitrogens with zero attached hydrogens (tertiary/aromatic N) is 1. The van der Waals surface area contributed by atoms with Crippen molar-refractivity contribution in [2.24, 2.45) is 5.73 Å². The molecule has 0 radical (unpaired) electrons. The third-order valence-electron chi connectivity index (χ3n) is 1.95. The van der Waals surface area contributed by atoms with E-state index < -0.39 is 0 Å². The SMILES string of the molecule is CC(C)(C)c1oncc1C(C)(C)N. The zero-order valence-corrected chi connectivity index (χ0v) is 9.01. The van der Waals surface area contributed by atoms with Gasteiger partial charge in [0.05, 0.1) is 6.20 Å². The van der Waals surface area contributed by atoms with Crippen LogP contribution in [0.3, 0.4) is 0 Å². The Kier molecular flexibility index (Phi) is 2.24. The molecule has 0 bridgehead atoms. The molecule has 0 aliphatic rings. The first-order chi connectivity index (χ1) is 5.73. The molecule has 0 saturated heterocycles. The second-order valence-electron chi connectivity index (χ2n) is 5.04. The van der Waals surface area contributed by atoms with Gasteiger partial charge in [0.1, 0.15) is 5.76 Å². The molecule has 1 aromatic rings. The molecule has 74 valence electrons. The van der Waals surface area contributed by atoms with Crippen molar-refractivity contribution in [2.45, 2.75) is 45.6 Å². The smallest absolute Gasteiger partial charge is 0.147 e. The molecule has 0 unspecified atom stereocenters. The second-order valence-corrected chi connectivity index (χ2v) is 5.04. The van der Waals surface area contributed by atoms with Gasteiger partial charge in [-0.3, -0.25) is 0 Å². The Bertz CT molecular complexity index is 260. The van der Waals surface area contributed by atoms with Crippen molar-refractivity contribution in [1.29, 1.82) is 0 Å². The number of hydrogen-bond donors (Lipinski definition) is 1. The molecule has 1 heterocycles. The van der Waals surface area contributed by atoms with Gasteiger partial charge in [-0.15, -0.1) is 0 Å². The zero-order chi connectivity index (χ0) is 10.3. The highest BCUT2D eigenvalue weighted by Crippen LogP contribution is 2.30. The third kappa shape index (κ3) is 2.10. The molecule has 13 heavy (non-hydrogen) atoms. The standard InChI is InChI=1S/C10H18N2O/c1-9(2,3)8-7(6-12-13-8)10(4,5)11/h6H,11H2,1-5H3. The van der Waals surface area contributed by atoms with E-state index in [1.807, 2.05) is 13.8 Å². The lowest BCUT2D eigenvalue weighted by molar-refractivity contribution is 0.321. The number of nitrogens with two attached hydrogens (primary N) is 1. The average molecular weight is 182 g/mol. The number of hydrogen-bond acceptors (Lipinski definition) is 3. The van der Waals surface area contributed by atoms with Crippen LogP contribution in [0.5, 0.6) is 0 Å². The summed E-state index contributed by atoms with van der Waals surface area (Å²) in [6.45, 7) is 10.2. The number of aromatic nitrogens is 1. The Morgan fingerprint density at radius 2 is 1.77 bits per heavy atom. The van der Waals surface area contributed by atoms with Crippen LogP contribution in [0.4, 0.5) is 0 Å². The maximum Gasteiger partial charge on any atom is 0.147 e. The molecule has 0 aliphatic heterocycles. The molecular formula is C10H18N2O. The Labute approximate surface area is 79.3 Å². The second kappa shape index (κ2) is 2.84. The molecule has 0 atom stereocenters. The van der Waals surface area contributed by atoms with E-state index in [2.05, 4.69) is 25.9 Å². The summed E-state index contributed by atoms with van der Waals surface area (Å²) in [4.78, 5) is 0. The third-order valence-corrected chi connectivity index (χ3v) is 1.95. The van der Waals surface area contributed by atoms with E-state index in [-0.39, 0.29) is 11.0 Å². The van der Waals surface area contributed by atoms with Crippen molar-refractivity contribution in [2.75, 3.05) is 0 Å². The van der Waals surface area contributed by atoms with Gasteiger partial charge in [0.15, 0.2) is 0 Å². The summed E-state index contributed by atoms with van der Waals surface area (Å²) in [5, 5.41) is 3.80. The normalized spacial score (nSPS) is 13.4. The Morgan fingerprint density at radius 1 is 1.23 bits per heavy atom. The van der Waals surface area contributed by atoms with E-state index in [9.17, 15) is 0 Å². The van der Waals surface area contributed by atoms with E-state index >= 15 is 0 Å². The van der Waals surface area contributed by atoms with Gasteiger partial charge in [0.25, 0.3) is 0 Å². The monoisotopic (exact) mass is 182 g/mol. The van der Waals surface area contributed by atoms with Crippen LogP contribution in [0.25, 0.3) is 0 Å². The molecule has 3 heteroatoms. The van der Waals surface area contributed by atoms with Crippen molar-refractivity contribution in [3.8, 4) is 0 Å². The van der Waals surface area contributed by atoms with Gasteiger partial charge in [-0.2, -0.15) is 0 Å². The summed E-state index contributed by atoms with van der Waals surface area (Å²) >= 11 is 0. The molecule has 0 amide bonds. The lowest BCUT2D eigenvalue weighted by atomic mass is 9.85. The Balaban J connectivity index is 3.19. The predicted molar refractivity (Wildman–Crippen MR) is 52.4 cm³/mol. The molecule has 0 fully saturated rings. The van der Waals surface area contributed by atoms with E-state index in [1.165, 1.54) is 0 Å². The zero-order valence-electron chi connectivity index (χ0n) is 9.01. The molecular weight excluding hydrogens is 164 g/mol.